The molecule has 1 aliphatic rings. The molecule has 2 rings (SSSR count). The molecule has 1 amide bonds. The molecule has 1 aliphatic heterocycles. The molecule has 1 aromatic rings. The van der Waals surface area contributed by atoms with Crippen molar-refractivity contribution in [2.24, 2.45) is 5.73 Å². The smallest absolute Gasteiger partial charge is 0.227 e. The van der Waals surface area contributed by atoms with E-state index < -0.39 is 11.6 Å². The number of hydrogen-bond donors (Lipinski definition) is 1. The van der Waals surface area contributed by atoms with E-state index in [-0.39, 0.29) is 30.8 Å². The molecule has 3 nitrogen and oxygen atoms in total. The van der Waals surface area contributed by atoms with Gasteiger partial charge in [-0.15, -0.1) is 12.4 Å². The van der Waals surface area contributed by atoms with Crippen LogP contribution in [-0.2, 0) is 11.2 Å². The van der Waals surface area contributed by atoms with Crippen molar-refractivity contribution in [2.45, 2.75) is 31.7 Å². The molecular formula is C14H19ClF2N2O. The lowest BCUT2D eigenvalue weighted by Gasteiger charge is -2.35. The van der Waals surface area contributed by atoms with Crippen LogP contribution >= 0.6 is 12.4 Å². The van der Waals surface area contributed by atoms with Crippen LogP contribution in [0.1, 0.15) is 24.8 Å². The lowest BCUT2D eigenvalue weighted by Crippen LogP contribution is -2.48. The third kappa shape index (κ3) is 3.90. The van der Waals surface area contributed by atoms with Crippen LogP contribution < -0.4 is 5.73 Å². The van der Waals surface area contributed by atoms with E-state index in [4.69, 9.17) is 5.73 Å². The first-order chi connectivity index (χ1) is 9.11. The maximum atomic E-state index is 13.1. The quantitative estimate of drug-likeness (QED) is 0.931. The van der Waals surface area contributed by atoms with Crippen LogP contribution in [0.15, 0.2) is 18.2 Å². The van der Waals surface area contributed by atoms with Crippen LogP contribution in [0.3, 0.4) is 0 Å². The first kappa shape index (κ1) is 16.9. The maximum absolute atomic E-state index is 13.1. The van der Waals surface area contributed by atoms with E-state index in [0.717, 1.165) is 31.4 Å². The fourth-order valence-electron chi connectivity index (χ4n) is 2.50. The van der Waals surface area contributed by atoms with Gasteiger partial charge in [-0.05, 0) is 37.0 Å². The van der Waals surface area contributed by atoms with E-state index in [9.17, 15) is 13.6 Å². The minimum absolute atomic E-state index is 0. The van der Waals surface area contributed by atoms with Crippen LogP contribution in [0.5, 0.6) is 0 Å². The molecule has 0 radical (unpaired) electrons. The van der Waals surface area contributed by atoms with Crippen LogP contribution in [-0.4, -0.2) is 29.9 Å². The van der Waals surface area contributed by atoms with E-state index in [1.54, 1.807) is 4.90 Å². The van der Waals surface area contributed by atoms with E-state index in [2.05, 4.69) is 0 Å². The number of hydrogen-bond acceptors (Lipinski definition) is 2. The number of carbonyl (C=O) groups is 1. The average molecular weight is 305 g/mol. The van der Waals surface area contributed by atoms with Crippen molar-refractivity contribution in [3.05, 3.63) is 35.4 Å². The molecule has 2 N–H and O–H groups in total. The molecule has 1 heterocycles. The highest BCUT2D eigenvalue weighted by Gasteiger charge is 2.25. The molecule has 1 unspecified atom stereocenters. The Morgan fingerprint density at radius 1 is 1.30 bits per heavy atom. The Hall–Kier alpha value is -1.20. The Kier molecular flexibility index (Phi) is 6.36. The van der Waals surface area contributed by atoms with Gasteiger partial charge in [-0.1, -0.05) is 6.07 Å². The molecule has 1 aromatic carbocycles. The number of piperidine rings is 1. The van der Waals surface area contributed by atoms with Gasteiger partial charge in [0.1, 0.15) is 0 Å². The maximum Gasteiger partial charge on any atom is 0.227 e. The lowest BCUT2D eigenvalue weighted by molar-refractivity contribution is -0.133. The van der Waals surface area contributed by atoms with Gasteiger partial charge in [-0.25, -0.2) is 8.78 Å². The minimum atomic E-state index is -0.917. The molecule has 0 aromatic heterocycles. The predicted molar refractivity (Wildman–Crippen MR) is 75.7 cm³/mol. The highest BCUT2D eigenvalue weighted by atomic mass is 35.5. The Balaban J connectivity index is 0.00000200. The molecular weight excluding hydrogens is 286 g/mol. The summed E-state index contributed by atoms with van der Waals surface area (Å²) >= 11 is 0. The Morgan fingerprint density at radius 2 is 2.05 bits per heavy atom. The van der Waals surface area contributed by atoms with Crippen molar-refractivity contribution in [2.75, 3.05) is 13.1 Å². The van der Waals surface area contributed by atoms with Gasteiger partial charge in [0.05, 0.1) is 6.42 Å². The molecule has 6 heteroatoms. The van der Waals surface area contributed by atoms with Crippen molar-refractivity contribution in [1.82, 2.24) is 4.90 Å². The summed E-state index contributed by atoms with van der Waals surface area (Å²) in [5.74, 6) is -1.88. The average Bonchev–Trinajstić information content (AvgIpc) is 2.43. The zero-order chi connectivity index (χ0) is 13.8. The van der Waals surface area contributed by atoms with Crippen LogP contribution in [0.2, 0.25) is 0 Å². The van der Waals surface area contributed by atoms with Gasteiger partial charge in [0.2, 0.25) is 5.91 Å². The number of carbonyl (C=O) groups excluding carboxylic acids is 1. The van der Waals surface area contributed by atoms with Crippen molar-refractivity contribution in [3.63, 3.8) is 0 Å². The van der Waals surface area contributed by atoms with Gasteiger partial charge in [0.25, 0.3) is 0 Å². The fourth-order valence-corrected chi connectivity index (χ4v) is 2.50. The normalized spacial score (nSPS) is 18.6. The third-order valence-electron chi connectivity index (χ3n) is 3.56. The SMILES string of the molecule is Cl.NCC1CCCCN1C(=O)Cc1ccc(F)c(F)c1. The van der Waals surface area contributed by atoms with Crippen molar-refractivity contribution in [1.29, 1.82) is 0 Å². The van der Waals surface area contributed by atoms with Gasteiger partial charge < -0.3 is 10.6 Å². The second-order valence-electron chi connectivity index (χ2n) is 4.90. The zero-order valence-corrected chi connectivity index (χ0v) is 12.0. The molecule has 20 heavy (non-hydrogen) atoms. The number of likely N-dealkylation sites (tertiary alicyclic amines) is 1. The Morgan fingerprint density at radius 3 is 2.70 bits per heavy atom. The third-order valence-corrected chi connectivity index (χ3v) is 3.56. The number of amides is 1. The molecule has 0 spiro atoms. The molecule has 1 atom stereocenters. The molecule has 0 saturated carbocycles. The number of benzene rings is 1. The second kappa shape index (κ2) is 7.55. The molecule has 0 bridgehead atoms. The molecule has 112 valence electrons. The minimum Gasteiger partial charge on any atom is -0.338 e. The summed E-state index contributed by atoms with van der Waals surface area (Å²) in [4.78, 5) is 14.0. The predicted octanol–water partition coefficient (Wildman–Crippen LogP) is 2.27. The first-order valence-electron chi connectivity index (χ1n) is 6.55. The Labute approximate surface area is 123 Å². The van der Waals surface area contributed by atoms with Crippen molar-refractivity contribution < 1.29 is 13.6 Å². The fraction of sp³-hybridized carbons (Fsp3) is 0.500. The lowest BCUT2D eigenvalue weighted by atomic mass is 10.0. The summed E-state index contributed by atoms with van der Waals surface area (Å²) in [6.07, 6.45) is 3.06. The van der Waals surface area contributed by atoms with Crippen molar-refractivity contribution in [3.8, 4) is 0 Å². The van der Waals surface area contributed by atoms with Gasteiger partial charge in [0, 0.05) is 19.1 Å². The van der Waals surface area contributed by atoms with Gasteiger partial charge in [-0.3, -0.25) is 4.79 Å². The number of halogens is 3. The number of nitrogens with two attached hydrogens (primary N) is 1. The van der Waals surface area contributed by atoms with Crippen molar-refractivity contribution >= 4 is 18.3 Å². The van der Waals surface area contributed by atoms with Gasteiger partial charge in [-0.2, -0.15) is 0 Å². The first-order valence-corrected chi connectivity index (χ1v) is 6.55. The number of rotatable bonds is 3. The summed E-state index contributed by atoms with van der Waals surface area (Å²) in [6.45, 7) is 1.15. The summed E-state index contributed by atoms with van der Waals surface area (Å²) < 4.78 is 25.9. The zero-order valence-electron chi connectivity index (χ0n) is 11.1. The van der Waals surface area contributed by atoms with E-state index in [0.29, 0.717) is 18.7 Å². The standard InChI is InChI=1S/C14H18F2N2O.ClH/c15-12-5-4-10(7-13(12)16)8-14(19)18-6-2-1-3-11(18)9-17;/h4-5,7,11H,1-3,6,8-9,17H2;1H. The largest absolute Gasteiger partial charge is 0.338 e. The van der Waals surface area contributed by atoms with Gasteiger partial charge in [0.15, 0.2) is 11.6 Å². The van der Waals surface area contributed by atoms with Crippen LogP contribution in [0, 0.1) is 11.6 Å². The van der Waals surface area contributed by atoms with Crippen LogP contribution in [0.25, 0.3) is 0 Å². The van der Waals surface area contributed by atoms with Gasteiger partial charge >= 0.3 is 0 Å². The Bertz CT molecular complexity index is 470. The molecule has 0 aliphatic carbocycles. The topological polar surface area (TPSA) is 46.3 Å². The molecule has 1 saturated heterocycles. The molecule has 1 fully saturated rings. The highest BCUT2D eigenvalue weighted by molar-refractivity contribution is 5.85. The summed E-state index contributed by atoms with van der Waals surface area (Å²) in [7, 11) is 0. The van der Waals surface area contributed by atoms with E-state index in [1.165, 1.54) is 6.07 Å². The van der Waals surface area contributed by atoms with E-state index in [1.807, 2.05) is 0 Å². The summed E-state index contributed by atoms with van der Waals surface area (Å²) in [5, 5.41) is 0. The van der Waals surface area contributed by atoms with E-state index >= 15 is 0 Å². The second-order valence-corrected chi connectivity index (χ2v) is 4.90. The highest BCUT2D eigenvalue weighted by Crippen LogP contribution is 2.18. The number of nitrogens with zero attached hydrogens (tertiary/aromatic N) is 1. The van der Waals surface area contributed by atoms with Crippen LogP contribution in [0.4, 0.5) is 8.78 Å². The monoisotopic (exact) mass is 304 g/mol. The summed E-state index contributed by atoms with van der Waals surface area (Å²) in [6, 6.07) is 3.65. The summed E-state index contributed by atoms with van der Waals surface area (Å²) in [5.41, 5.74) is 6.16.